The zero-order chi connectivity index (χ0) is 11.3. The van der Waals surface area contributed by atoms with Gasteiger partial charge in [-0.1, -0.05) is 0 Å². The molecular formula is C11H21NO3. The Bertz CT molecular complexity index is 202. The number of hydrogen-bond donors (Lipinski definition) is 1. The van der Waals surface area contributed by atoms with Crippen LogP contribution in [-0.2, 0) is 14.3 Å². The number of carbonyl (C=O) groups excluding carboxylic acids is 1. The molecule has 1 saturated heterocycles. The van der Waals surface area contributed by atoms with Crippen LogP contribution in [0, 0.1) is 5.92 Å². The molecule has 15 heavy (non-hydrogen) atoms. The summed E-state index contributed by atoms with van der Waals surface area (Å²) in [6.45, 7) is 5.84. The van der Waals surface area contributed by atoms with Crippen molar-refractivity contribution < 1.29 is 14.3 Å². The summed E-state index contributed by atoms with van der Waals surface area (Å²) in [6.07, 6.45) is 1.54. The second kappa shape index (κ2) is 6.08. The van der Waals surface area contributed by atoms with E-state index in [0.29, 0.717) is 18.4 Å². The summed E-state index contributed by atoms with van der Waals surface area (Å²) in [5, 5.41) is 3.41. The van der Waals surface area contributed by atoms with E-state index in [1.165, 1.54) is 7.11 Å². The molecule has 0 radical (unpaired) electrons. The van der Waals surface area contributed by atoms with Crippen molar-refractivity contribution >= 4 is 5.97 Å². The van der Waals surface area contributed by atoms with Crippen LogP contribution in [0.25, 0.3) is 0 Å². The molecule has 1 fully saturated rings. The molecule has 0 aromatic carbocycles. The average molecular weight is 215 g/mol. The Balaban J connectivity index is 2.23. The summed E-state index contributed by atoms with van der Waals surface area (Å²) < 4.78 is 9.95. The minimum absolute atomic E-state index is 0.160. The van der Waals surface area contributed by atoms with Gasteiger partial charge in [0.05, 0.1) is 20.1 Å². The number of ether oxygens (including phenoxy) is 2. The number of hydrogen-bond acceptors (Lipinski definition) is 4. The predicted molar refractivity (Wildman–Crippen MR) is 57.6 cm³/mol. The van der Waals surface area contributed by atoms with Crippen LogP contribution in [0.3, 0.4) is 0 Å². The van der Waals surface area contributed by atoms with E-state index in [1.807, 2.05) is 6.92 Å². The lowest BCUT2D eigenvalue weighted by Gasteiger charge is -2.23. The van der Waals surface area contributed by atoms with Gasteiger partial charge in [-0.3, -0.25) is 4.79 Å². The SMILES string of the molecule is COC(=O)CC(C)NC(C)C1CCOC1. The number of esters is 1. The van der Waals surface area contributed by atoms with E-state index < -0.39 is 0 Å². The molecule has 1 rings (SSSR count). The first-order valence-electron chi connectivity index (χ1n) is 5.54. The van der Waals surface area contributed by atoms with Crippen molar-refractivity contribution in [2.45, 2.75) is 38.8 Å². The van der Waals surface area contributed by atoms with Gasteiger partial charge in [-0.15, -0.1) is 0 Å². The fraction of sp³-hybridized carbons (Fsp3) is 0.909. The van der Waals surface area contributed by atoms with Gasteiger partial charge in [-0.25, -0.2) is 0 Å². The van der Waals surface area contributed by atoms with E-state index in [0.717, 1.165) is 19.6 Å². The van der Waals surface area contributed by atoms with E-state index in [9.17, 15) is 4.79 Å². The molecule has 4 nitrogen and oxygen atoms in total. The van der Waals surface area contributed by atoms with Gasteiger partial charge in [0.15, 0.2) is 0 Å². The summed E-state index contributed by atoms with van der Waals surface area (Å²) in [7, 11) is 1.42. The number of nitrogens with one attached hydrogen (secondary N) is 1. The van der Waals surface area contributed by atoms with Gasteiger partial charge in [0.25, 0.3) is 0 Å². The van der Waals surface area contributed by atoms with Gasteiger partial charge in [-0.05, 0) is 26.2 Å². The Hall–Kier alpha value is -0.610. The standard InChI is InChI=1S/C11H21NO3/c1-8(6-11(13)14-3)12-9(2)10-4-5-15-7-10/h8-10,12H,4-7H2,1-3H3. The van der Waals surface area contributed by atoms with Gasteiger partial charge < -0.3 is 14.8 Å². The highest BCUT2D eigenvalue weighted by molar-refractivity contribution is 5.69. The van der Waals surface area contributed by atoms with Gasteiger partial charge >= 0.3 is 5.97 Å². The first-order chi connectivity index (χ1) is 7.13. The van der Waals surface area contributed by atoms with Crippen molar-refractivity contribution in [3.8, 4) is 0 Å². The van der Waals surface area contributed by atoms with E-state index in [-0.39, 0.29) is 12.0 Å². The van der Waals surface area contributed by atoms with Crippen molar-refractivity contribution in [1.82, 2.24) is 5.32 Å². The number of methoxy groups -OCH3 is 1. The van der Waals surface area contributed by atoms with Gasteiger partial charge in [0.1, 0.15) is 0 Å². The zero-order valence-electron chi connectivity index (χ0n) is 9.79. The van der Waals surface area contributed by atoms with Crippen molar-refractivity contribution in [3.63, 3.8) is 0 Å². The lowest BCUT2D eigenvalue weighted by atomic mass is 9.99. The van der Waals surface area contributed by atoms with Gasteiger partial charge in [0, 0.05) is 18.7 Å². The molecule has 3 unspecified atom stereocenters. The molecule has 3 atom stereocenters. The minimum atomic E-state index is -0.162. The van der Waals surface area contributed by atoms with Crippen LogP contribution in [0.4, 0.5) is 0 Å². The normalized spacial score (nSPS) is 24.9. The van der Waals surface area contributed by atoms with E-state index in [1.54, 1.807) is 0 Å². The molecule has 4 heteroatoms. The Morgan fingerprint density at radius 2 is 2.33 bits per heavy atom. The van der Waals surface area contributed by atoms with Crippen LogP contribution >= 0.6 is 0 Å². The van der Waals surface area contributed by atoms with Crippen molar-refractivity contribution in [2.24, 2.45) is 5.92 Å². The lowest BCUT2D eigenvalue weighted by molar-refractivity contribution is -0.141. The zero-order valence-corrected chi connectivity index (χ0v) is 9.79. The van der Waals surface area contributed by atoms with Crippen LogP contribution in [0.1, 0.15) is 26.7 Å². The third kappa shape index (κ3) is 4.18. The monoisotopic (exact) mass is 215 g/mol. The molecule has 1 heterocycles. The van der Waals surface area contributed by atoms with Crippen molar-refractivity contribution in [1.29, 1.82) is 0 Å². The van der Waals surface area contributed by atoms with Crippen LogP contribution in [0.15, 0.2) is 0 Å². The first-order valence-corrected chi connectivity index (χ1v) is 5.54. The number of rotatable bonds is 5. The second-order valence-electron chi connectivity index (χ2n) is 4.26. The summed E-state index contributed by atoms with van der Waals surface area (Å²) in [6, 6.07) is 0.556. The molecule has 0 spiro atoms. The van der Waals surface area contributed by atoms with Gasteiger partial charge in [0.2, 0.25) is 0 Å². The molecule has 1 aliphatic heterocycles. The van der Waals surface area contributed by atoms with Crippen LogP contribution in [0.2, 0.25) is 0 Å². The molecule has 1 N–H and O–H groups in total. The highest BCUT2D eigenvalue weighted by Gasteiger charge is 2.23. The summed E-state index contributed by atoms with van der Waals surface area (Å²) in [5.41, 5.74) is 0. The van der Waals surface area contributed by atoms with Crippen LogP contribution in [0.5, 0.6) is 0 Å². The summed E-state index contributed by atoms with van der Waals surface area (Å²) in [5.74, 6) is 0.412. The Kier molecular flexibility index (Phi) is 5.05. The van der Waals surface area contributed by atoms with E-state index in [4.69, 9.17) is 4.74 Å². The Morgan fingerprint density at radius 1 is 1.60 bits per heavy atom. The molecule has 0 amide bonds. The second-order valence-corrected chi connectivity index (χ2v) is 4.26. The third-order valence-electron chi connectivity index (χ3n) is 2.92. The fourth-order valence-corrected chi connectivity index (χ4v) is 1.92. The molecule has 0 aliphatic carbocycles. The van der Waals surface area contributed by atoms with Crippen molar-refractivity contribution in [2.75, 3.05) is 20.3 Å². The highest BCUT2D eigenvalue weighted by atomic mass is 16.5. The molecule has 0 aromatic heterocycles. The summed E-state index contributed by atoms with van der Waals surface area (Å²) >= 11 is 0. The van der Waals surface area contributed by atoms with E-state index in [2.05, 4.69) is 17.0 Å². The topological polar surface area (TPSA) is 47.6 Å². The Labute approximate surface area is 91.3 Å². The molecule has 0 bridgehead atoms. The molecule has 0 aromatic rings. The third-order valence-corrected chi connectivity index (χ3v) is 2.92. The molecular weight excluding hydrogens is 194 g/mol. The maximum Gasteiger partial charge on any atom is 0.307 e. The van der Waals surface area contributed by atoms with Crippen LogP contribution in [-0.4, -0.2) is 38.4 Å². The molecule has 0 saturated carbocycles. The molecule has 88 valence electrons. The summed E-state index contributed by atoms with van der Waals surface area (Å²) in [4.78, 5) is 11.0. The largest absolute Gasteiger partial charge is 0.469 e. The smallest absolute Gasteiger partial charge is 0.307 e. The van der Waals surface area contributed by atoms with Crippen molar-refractivity contribution in [3.05, 3.63) is 0 Å². The molecule has 1 aliphatic rings. The first kappa shape index (κ1) is 12.5. The maximum atomic E-state index is 11.0. The van der Waals surface area contributed by atoms with E-state index >= 15 is 0 Å². The highest BCUT2D eigenvalue weighted by Crippen LogP contribution is 2.16. The minimum Gasteiger partial charge on any atom is -0.469 e. The van der Waals surface area contributed by atoms with Gasteiger partial charge in [-0.2, -0.15) is 0 Å². The maximum absolute atomic E-state index is 11.0. The number of carbonyl (C=O) groups is 1. The fourth-order valence-electron chi connectivity index (χ4n) is 1.92. The lowest BCUT2D eigenvalue weighted by Crippen LogP contribution is -2.40. The van der Waals surface area contributed by atoms with Crippen LogP contribution < -0.4 is 5.32 Å². The Morgan fingerprint density at radius 3 is 2.87 bits per heavy atom. The average Bonchev–Trinajstić information content (AvgIpc) is 2.70. The predicted octanol–water partition coefficient (Wildman–Crippen LogP) is 0.953. The quantitative estimate of drug-likeness (QED) is 0.694.